The summed E-state index contributed by atoms with van der Waals surface area (Å²) in [5.41, 5.74) is 6.13. The van der Waals surface area contributed by atoms with Gasteiger partial charge in [0.15, 0.2) is 0 Å². The predicted octanol–water partition coefficient (Wildman–Crippen LogP) is 1.01. The maximum absolute atomic E-state index is 13.2. The van der Waals surface area contributed by atoms with Crippen molar-refractivity contribution in [3.8, 4) is 0 Å². The van der Waals surface area contributed by atoms with E-state index < -0.39 is 5.82 Å². The van der Waals surface area contributed by atoms with E-state index in [1.54, 1.807) is 11.9 Å². The molecular weight excluding hydrogens is 261 g/mol. The summed E-state index contributed by atoms with van der Waals surface area (Å²) in [4.78, 5) is 25.6. The monoisotopic (exact) mass is 279 g/mol. The van der Waals surface area contributed by atoms with Crippen molar-refractivity contribution in [1.82, 2.24) is 10.2 Å². The highest BCUT2D eigenvalue weighted by atomic mass is 19.1. The fourth-order valence-corrected chi connectivity index (χ4v) is 2.46. The first kappa shape index (κ1) is 14.3. The van der Waals surface area contributed by atoms with Crippen molar-refractivity contribution in [3.05, 3.63) is 29.6 Å². The lowest BCUT2D eigenvalue weighted by molar-refractivity contribution is -0.125. The van der Waals surface area contributed by atoms with E-state index in [-0.39, 0.29) is 29.0 Å². The van der Waals surface area contributed by atoms with Crippen LogP contribution in [-0.2, 0) is 4.79 Å². The van der Waals surface area contributed by atoms with E-state index in [0.29, 0.717) is 13.1 Å². The van der Waals surface area contributed by atoms with E-state index in [1.165, 1.54) is 12.1 Å². The average Bonchev–Trinajstić information content (AvgIpc) is 2.48. The Kier molecular flexibility index (Phi) is 4.22. The molecule has 0 aliphatic carbocycles. The lowest BCUT2D eigenvalue weighted by Gasteiger charge is -2.32. The third-order valence-corrected chi connectivity index (χ3v) is 3.57. The molecule has 2 rings (SSSR count). The first-order valence-corrected chi connectivity index (χ1v) is 6.59. The van der Waals surface area contributed by atoms with Gasteiger partial charge < -0.3 is 16.0 Å². The molecule has 1 aliphatic rings. The van der Waals surface area contributed by atoms with Crippen LogP contribution in [0, 0.1) is 11.7 Å². The molecule has 6 heteroatoms. The van der Waals surface area contributed by atoms with Crippen LogP contribution < -0.4 is 11.1 Å². The number of carbonyl (C=O) groups excluding carboxylic acids is 2. The van der Waals surface area contributed by atoms with Gasteiger partial charge in [-0.05, 0) is 31.0 Å². The number of rotatable bonds is 2. The minimum Gasteiger partial charge on any atom is -0.398 e. The predicted molar refractivity (Wildman–Crippen MR) is 73.5 cm³/mol. The molecule has 1 unspecified atom stereocenters. The molecule has 1 aromatic carbocycles. The maximum atomic E-state index is 13.2. The molecule has 0 saturated carbocycles. The first-order chi connectivity index (χ1) is 9.52. The van der Waals surface area contributed by atoms with Crippen LogP contribution >= 0.6 is 0 Å². The Balaban J connectivity index is 2.16. The van der Waals surface area contributed by atoms with E-state index >= 15 is 0 Å². The Morgan fingerprint density at radius 2 is 2.20 bits per heavy atom. The summed E-state index contributed by atoms with van der Waals surface area (Å²) in [6.07, 6.45) is 1.50. The van der Waals surface area contributed by atoms with Crippen LogP contribution in [0.1, 0.15) is 23.2 Å². The summed E-state index contributed by atoms with van der Waals surface area (Å²) in [6, 6.07) is 3.74. The highest BCUT2D eigenvalue weighted by molar-refractivity contribution is 5.99. The number of nitrogens with two attached hydrogens (primary N) is 1. The number of nitrogen functional groups attached to an aromatic ring is 1. The smallest absolute Gasteiger partial charge is 0.256 e. The van der Waals surface area contributed by atoms with Gasteiger partial charge in [-0.2, -0.15) is 0 Å². The van der Waals surface area contributed by atoms with E-state index in [0.717, 1.165) is 18.9 Å². The standard InChI is InChI=1S/C14H18FN3O2/c1-17-13(19)9-3-2-6-18(8-9)14(20)11-7-10(15)4-5-12(11)16/h4-5,7,9H,2-3,6,8,16H2,1H3,(H,17,19). The van der Waals surface area contributed by atoms with Gasteiger partial charge in [0.25, 0.3) is 5.91 Å². The van der Waals surface area contributed by atoms with Crippen molar-refractivity contribution in [2.24, 2.45) is 5.92 Å². The van der Waals surface area contributed by atoms with Gasteiger partial charge >= 0.3 is 0 Å². The van der Waals surface area contributed by atoms with Crippen LogP contribution in [0.2, 0.25) is 0 Å². The van der Waals surface area contributed by atoms with Gasteiger partial charge in [0.05, 0.1) is 11.5 Å². The number of anilines is 1. The Hall–Kier alpha value is -2.11. The maximum Gasteiger partial charge on any atom is 0.256 e. The number of piperidine rings is 1. The molecule has 1 aromatic rings. The van der Waals surface area contributed by atoms with Crippen LogP contribution in [0.5, 0.6) is 0 Å². The number of hydrogen-bond acceptors (Lipinski definition) is 3. The van der Waals surface area contributed by atoms with Crippen LogP contribution in [-0.4, -0.2) is 36.9 Å². The molecule has 1 heterocycles. The quantitative estimate of drug-likeness (QED) is 0.793. The van der Waals surface area contributed by atoms with Crippen molar-refractivity contribution in [2.75, 3.05) is 25.9 Å². The Labute approximate surface area is 116 Å². The molecule has 1 saturated heterocycles. The van der Waals surface area contributed by atoms with Crippen LogP contribution in [0.15, 0.2) is 18.2 Å². The van der Waals surface area contributed by atoms with Gasteiger partial charge in [-0.1, -0.05) is 0 Å². The molecule has 0 bridgehead atoms. The number of amides is 2. The molecule has 0 aromatic heterocycles. The number of likely N-dealkylation sites (tertiary alicyclic amines) is 1. The second-order valence-corrected chi connectivity index (χ2v) is 4.94. The highest BCUT2D eigenvalue weighted by Gasteiger charge is 2.29. The summed E-state index contributed by atoms with van der Waals surface area (Å²) >= 11 is 0. The number of hydrogen-bond donors (Lipinski definition) is 2. The normalized spacial score (nSPS) is 18.7. The van der Waals surface area contributed by atoms with Crippen molar-refractivity contribution in [1.29, 1.82) is 0 Å². The summed E-state index contributed by atoms with van der Waals surface area (Å²) in [6.45, 7) is 0.900. The van der Waals surface area contributed by atoms with E-state index in [9.17, 15) is 14.0 Å². The first-order valence-electron chi connectivity index (χ1n) is 6.59. The molecule has 1 aliphatic heterocycles. The van der Waals surface area contributed by atoms with Crippen molar-refractivity contribution >= 4 is 17.5 Å². The van der Waals surface area contributed by atoms with Crippen molar-refractivity contribution in [2.45, 2.75) is 12.8 Å². The van der Waals surface area contributed by atoms with Gasteiger partial charge in [-0.3, -0.25) is 9.59 Å². The lowest BCUT2D eigenvalue weighted by atomic mass is 9.96. The molecule has 2 amide bonds. The van der Waals surface area contributed by atoms with Gasteiger partial charge in [-0.25, -0.2) is 4.39 Å². The summed E-state index contributed by atoms with van der Waals surface area (Å²) in [5.74, 6) is -1.11. The van der Waals surface area contributed by atoms with Crippen molar-refractivity contribution in [3.63, 3.8) is 0 Å². The fraction of sp³-hybridized carbons (Fsp3) is 0.429. The molecular formula is C14H18FN3O2. The molecule has 5 nitrogen and oxygen atoms in total. The zero-order valence-corrected chi connectivity index (χ0v) is 11.4. The molecule has 0 spiro atoms. The van der Waals surface area contributed by atoms with E-state index in [4.69, 9.17) is 5.73 Å². The van der Waals surface area contributed by atoms with E-state index in [1.807, 2.05) is 0 Å². The Morgan fingerprint density at radius 3 is 2.90 bits per heavy atom. The molecule has 20 heavy (non-hydrogen) atoms. The summed E-state index contributed by atoms with van der Waals surface area (Å²) in [5, 5.41) is 2.59. The minimum absolute atomic E-state index is 0.0743. The molecule has 1 atom stereocenters. The van der Waals surface area contributed by atoms with Crippen LogP contribution in [0.4, 0.5) is 10.1 Å². The topological polar surface area (TPSA) is 75.4 Å². The van der Waals surface area contributed by atoms with Gasteiger partial charge in [-0.15, -0.1) is 0 Å². The highest BCUT2D eigenvalue weighted by Crippen LogP contribution is 2.21. The zero-order valence-electron chi connectivity index (χ0n) is 11.4. The molecule has 0 radical (unpaired) electrons. The third kappa shape index (κ3) is 2.89. The number of benzene rings is 1. The van der Waals surface area contributed by atoms with Gasteiger partial charge in [0, 0.05) is 25.8 Å². The van der Waals surface area contributed by atoms with Crippen LogP contribution in [0.3, 0.4) is 0 Å². The average molecular weight is 279 g/mol. The number of carbonyl (C=O) groups is 2. The van der Waals surface area contributed by atoms with E-state index in [2.05, 4.69) is 5.32 Å². The second-order valence-electron chi connectivity index (χ2n) is 4.94. The summed E-state index contributed by atoms with van der Waals surface area (Å²) < 4.78 is 13.2. The fourth-order valence-electron chi connectivity index (χ4n) is 2.46. The number of nitrogens with zero attached hydrogens (tertiary/aromatic N) is 1. The minimum atomic E-state index is -0.498. The molecule has 108 valence electrons. The Morgan fingerprint density at radius 1 is 1.45 bits per heavy atom. The SMILES string of the molecule is CNC(=O)C1CCCN(C(=O)c2cc(F)ccc2N)C1. The Bertz CT molecular complexity index is 533. The summed E-state index contributed by atoms with van der Waals surface area (Å²) in [7, 11) is 1.58. The molecule has 3 N–H and O–H groups in total. The van der Waals surface area contributed by atoms with Crippen molar-refractivity contribution < 1.29 is 14.0 Å². The van der Waals surface area contributed by atoms with Gasteiger partial charge in [0.2, 0.25) is 5.91 Å². The van der Waals surface area contributed by atoms with Gasteiger partial charge in [0.1, 0.15) is 5.82 Å². The molecule has 1 fully saturated rings. The zero-order chi connectivity index (χ0) is 14.7. The number of nitrogens with one attached hydrogen (secondary N) is 1. The second kappa shape index (κ2) is 5.90. The number of halogens is 1. The lowest BCUT2D eigenvalue weighted by Crippen LogP contribution is -2.45. The third-order valence-electron chi connectivity index (χ3n) is 3.57. The largest absolute Gasteiger partial charge is 0.398 e. The van der Waals surface area contributed by atoms with Crippen LogP contribution in [0.25, 0.3) is 0 Å².